The number of amides is 1. The second-order valence-electron chi connectivity index (χ2n) is 6.22. The molecule has 1 aromatic carbocycles. The van der Waals surface area contributed by atoms with Gasteiger partial charge in [0.2, 0.25) is 5.91 Å². The molecule has 0 radical (unpaired) electrons. The molecule has 0 atom stereocenters. The second kappa shape index (κ2) is 7.47. The molecule has 1 aromatic heterocycles. The zero-order valence-electron chi connectivity index (χ0n) is 15.0. The Morgan fingerprint density at radius 1 is 1.35 bits per heavy atom. The highest BCUT2D eigenvalue weighted by Gasteiger charge is 2.17. The Balaban J connectivity index is 1.95. The van der Waals surface area contributed by atoms with E-state index in [0.717, 1.165) is 0 Å². The molecule has 0 bridgehead atoms. The summed E-state index contributed by atoms with van der Waals surface area (Å²) in [7, 11) is 3.69. The minimum absolute atomic E-state index is 0.0573. The molecule has 7 nitrogen and oxygen atoms in total. The number of rotatable bonds is 4. The normalized spacial score (nSPS) is 15.0. The van der Waals surface area contributed by atoms with Crippen molar-refractivity contribution in [3.8, 4) is 11.4 Å². The van der Waals surface area contributed by atoms with Crippen LogP contribution in [0, 0.1) is 5.82 Å². The Morgan fingerprint density at radius 3 is 2.88 bits per heavy atom. The first-order valence-corrected chi connectivity index (χ1v) is 8.32. The summed E-state index contributed by atoms with van der Waals surface area (Å²) in [5, 5.41) is 8.92. The average molecular weight is 356 g/mol. The second-order valence-corrected chi connectivity index (χ2v) is 6.22. The van der Waals surface area contributed by atoms with E-state index in [1.807, 2.05) is 32.0 Å². The lowest BCUT2D eigenvalue weighted by molar-refractivity contribution is -0.124. The molecular formula is C18H21FN6O. The largest absolute Gasteiger partial charge is 0.377 e. The Labute approximate surface area is 151 Å². The smallest absolute Gasteiger partial charge is 0.241 e. The molecule has 1 saturated heterocycles. The maximum atomic E-state index is 14.5. The van der Waals surface area contributed by atoms with Gasteiger partial charge in [-0.05, 0) is 25.1 Å². The molecule has 0 aliphatic carbocycles. The fourth-order valence-corrected chi connectivity index (χ4v) is 2.76. The number of piperazine rings is 1. The van der Waals surface area contributed by atoms with Gasteiger partial charge in [0.05, 0.1) is 29.2 Å². The molecule has 1 fully saturated rings. The van der Waals surface area contributed by atoms with Gasteiger partial charge in [0, 0.05) is 26.8 Å². The van der Waals surface area contributed by atoms with Crippen molar-refractivity contribution in [2.45, 2.75) is 6.92 Å². The van der Waals surface area contributed by atoms with E-state index in [1.165, 1.54) is 6.07 Å². The molecule has 0 saturated carbocycles. The van der Waals surface area contributed by atoms with Crippen LogP contribution in [0.4, 0.5) is 10.1 Å². The quantitative estimate of drug-likeness (QED) is 0.841. The number of hydrazone groups is 1. The summed E-state index contributed by atoms with van der Waals surface area (Å²) in [6, 6.07) is 6.60. The van der Waals surface area contributed by atoms with E-state index in [1.54, 1.807) is 23.3 Å². The van der Waals surface area contributed by atoms with Crippen molar-refractivity contribution in [2.75, 3.05) is 38.6 Å². The predicted octanol–water partition coefficient (Wildman–Crippen LogP) is 1.50. The topological polar surface area (TPSA) is 73.7 Å². The Hall–Kier alpha value is -3.03. The van der Waals surface area contributed by atoms with E-state index in [0.29, 0.717) is 41.6 Å². The first-order valence-electron chi connectivity index (χ1n) is 8.32. The molecule has 26 heavy (non-hydrogen) atoms. The van der Waals surface area contributed by atoms with Crippen LogP contribution in [0.5, 0.6) is 0 Å². The van der Waals surface area contributed by atoms with E-state index in [-0.39, 0.29) is 18.3 Å². The van der Waals surface area contributed by atoms with E-state index < -0.39 is 0 Å². The van der Waals surface area contributed by atoms with Crippen molar-refractivity contribution in [3.63, 3.8) is 0 Å². The number of nitrogens with one attached hydrogen (secondary N) is 1. The number of hydrogen-bond acceptors (Lipinski definition) is 6. The van der Waals surface area contributed by atoms with Crippen molar-refractivity contribution < 1.29 is 9.18 Å². The molecule has 2 aromatic rings. The molecule has 3 rings (SSSR count). The van der Waals surface area contributed by atoms with Gasteiger partial charge in [0.25, 0.3) is 0 Å². The molecule has 1 aliphatic heterocycles. The highest BCUT2D eigenvalue weighted by Crippen LogP contribution is 2.30. The third kappa shape index (κ3) is 3.79. The highest BCUT2D eigenvalue weighted by atomic mass is 19.1. The van der Waals surface area contributed by atoms with Gasteiger partial charge in [0.1, 0.15) is 12.4 Å². The summed E-state index contributed by atoms with van der Waals surface area (Å²) in [6.07, 6.45) is 1.59. The van der Waals surface area contributed by atoms with Gasteiger partial charge in [-0.2, -0.15) is 5.10 Å². The molecule has 1 N–H and O–H groups in total. The van der Waals surface area contributed by atoms with Crippen LogP contribution in [0.3, 0.4) is 0 Å². The van der Waals surface area contributed by atoms with Gasteiger partial charge in [-0.25, -0.2) is 14.4 Å². The van der Waals surface area contributed by atoms with E-state index >= 15 is 0 Å². The number of halogens is 1. The Bertz CT molecular complexity index is 851. The highest BCUT2D eigenvalue weighted by molar-refractivity contribution is 5.97. The van der Waals surface area contributed by atoms with Crippen LogP contribution in [0.1, 0.15) is 12.6 Å². The molecule has 2 heterocycles. The third-order valence-electron chi connectivity index (χ3n) is 4.03. The van der Waals surface area contributed by atoms with Crippen LogP contribution < -0.4 is 10.2 Å². The summed E-state index contributed by atoms with van der Waals surface area (Å²) in [5.41, 5.74) is 2.29. The molecule has 8 heteroatoms. The van der Waals surface area contributed by atoms with Crippen LogP contribution in [0.15, 0.2) is 35.6 Å². The fraction of sp³-hybridized carbons (Fsp3) is 0.333. The molecule has 1 amide bonds. The van der Waals surface area contributed by atoms with Gasteiger partial charge in [-0.15, -0.1) is 0 Å². The minimum Gasteiger partial charge on any atom is -0.377 e. The van der Waals surface area contributed by atoms with Crippen LogP contribution in [0.25, 0.3) is 11.4 Å². The zero-order valence-corrected chi connectivity index (χ0v) is 15.0. The van der Waals surface area contributed by atoms with Crippen LogP contribution in [-0.4, -0.2) is 60.3 Å². The summed E-state index contributed by atoms with van der Waals surface area (Å²) < 4.78 is 14.5. The fourth-order valence-electron chi connectivity index (χ4n) is 2.76. The number of benzene rings is 1. The number of hydrogen-bond donors (Lipinski definition) is 1. The van der Waals surface area contributed by atoms with Crippen molar-refractivity contribution in [1.82, 2.24) is 20.3 Å². The van der Waals surface area contributed by atoms with Crippen LogP contribution in [-0.2, 0) is 4.79 Å². The third-order valence-corrected chi connectivity index (χ3v) is 4.03. The number of carbonyl (C=O) groups is 1. The van der Waals surface area contributed by atoms with Gasteiger partial charge < -0.3 is 10.2 Å². The first kappa shape index (κ1) is 17.8. The van der Waals surface area contributed by atoms with E-state index in [4.69, 9.17) is 0 Å². The van der Waals surface area contributed by atoms with Crippen molar-refractivity contribution in [3.05, 3.63) is 42.0 Å². The van der Waals surface area contributed by atoms with Crippen LogP contribution in [0.2, 0.25) is 0 Å². The van der Waals surface area contributed by atoms with Crippen molar-refractivity contribution in [2.24, 2.45) is 5.10 Å². The lowest BCUT2D eigenvalue weighted by Crippen LogP contribution is -2.45. The zero-order chi connectivity index (χ0) is 18.7. The number of carbonyl (C=O) groups excluding carboxylic acids is 1. The molecule has 136 valence electrons. The maximum Gasteiger partial charge on any atom is 0.241 e. The SMILES string of the molecule is C/C(=N\N1CCNC(=O)C1)c1ccnc(-c2c(F)cccc2N(C)C)n1. The molecule has 1 aliphatic rings. The van der Waals surface area contributed by atoms with Gasteiger partial charge in [0.15, 0.2) is 5.82 Å². The monoisotopic (exact) mass is 356 g/mol. The summed E-state index contributed by atoms with van der Waals surface area (Å²) in [6.45, 7) is 3.23. The lowest BCUT2D eigenvalue weighted by atomic mass is 10.1. The van der Waals surface area contributed by atoms with Gasteiger partial charge in [-0.3, -0.25) is 9.80 Å². The van der Waals surface area contributed by atoms with Gasteiger partial charge >= 0.3 is 0 Å². The van der Waals surface area contributed by atoms with E-state index in [2.05, 4.69) is 20.4 Å². The standard InChI is InChI=1S/C18H21FN6O/c1-12(23-25-10-9-20-16(26)11-25)14-7-8-21-18(22-14)17-13(19)5-4-6-15(17)24(2)3/h4-8H,9-11H2,1-3H3,(H,20,26)/b23-12+. The summed E-state index contributed by atoms with van der Waals surface area (Å²) in [5.74, 6) is -0.135. The number of aromatic nitrogens is 2. The minimum atomic E-state index is -0.379. The average Bonchev–Trinajstić information content (AvgIpc) is 2.61. The molecule has 0 spiro atoms. The Kier molecular flexibility index (Phi) is 5.11. The number of nitrogens with zero attached hydrogens (tertiary/aromatic N) is 5. The van der Waals surface area contributed by atoms with Crippen LogP contribution >= 0.6 is 0 Å². The predicted molar refractivity (Wildman–Crippen MR) is 98.5 cm³/mol. The maximum absolute atomic E-state index is 14.5. The molecular weight excluding hydrogens is 335 g/mol. The Morgan fingerprint density at radius 2 is 2.15 bits per heavy atom. The van der Waals surface area contributed by atoms with E-state index in [9.17, 15) is 9.18 Å². The van der Waals surface area contributed by atoms with Crippen molar-refractivity contribution >= 4 is 17.3 Å². The first-order chi connectivity index (χ1) is 12.5. The molecule has 0 unspecified atom stereocenters. The summed E-state index contributed by atoms with van der Waals surface area (Å²) in [4.78, 5) is 22.0. The van der Waals surface area contributed by atoms with Gasteiger partial charge in [-0.1, -0.05) is 6.07 Å². The number of anilines is 1. The summed E-state index contributed by atoms with van der Waals surface area (Å²) >= 11 is 0. The van der Waals surface area contributed by atoms with Crippen molar-refractivity contribution in [1.29, 1.82) is 0 Å². The lowest BCUT2D eigenvalue weighted by Gasteiger charge is -2.24.